The number of carbonyl (C=O) groups excluding carboxylic acids is 1. The van der Waals surface area contributed by atoms with Crippen LogP contribution in [0.5, 0.6) is 17.2 Å². The largest absolute Gasteiger partial charge is 0.507 e. The molecule has 0 aliphatic carbocycles. The fourth-order valence-corrected chi connectivity index (χ4v) is 3.31. The summed E-state index contributed by atoms with van der Waals surface area (Å²) in [7, 11) is 3.16. The second kappa shape index (κ2) is 8.09. The Hall–Kier alpha value is -3.06. The highest BCUT2D eigenvalue weighted by molar-refractivity contribution is 7.13. The van der Waals surface area contributed by atoms with Crippen molar-refractivity contribution in [1.29, 1.82) is 0 Å². The normalized spacial score (nSPS) is 10.5. The first-order chi connectivity index (χ1) is 13.0. The molecule has 7 heteroatoms. The molecule has 0 atom stereocenters. The van der Waals surface area contributed by atoms with Crippen LogP contribution < -0.4 is 9.47 Å². The number of phenolic OH excluding ortho intramolecular Hbond substituents is 1. The van der Waals surface area contributed by atoms with E-state index in [0.717, 1.165) is 16.1 Å². The summed E-state index contributed by atoms with van der Waals surface area (Å²) in [5.41, 5.74) is 2.51. The van der Waals surface area contributed by atoms with Gasteiger partial charge in [-0.3, -0.25) is 0 Å². The third-order valence-electron chi connectivity index (χ3n) is 3.91. The van der Waals surface area contributed by atoms with Gasteiger partial charge in [0.05, 0.1) is 19.9 Å². The maximum atomic E-state index is 12.1. The number of benzene rings is 2. The van der Waals surface area contributed by atoms with Crippen LogP contribution in [0.25, 0.3) is 10.6 Å². The molecule has 0 spiro atoms. The van der Waals surface area contributed by atoms with Crippen molar-refractivity contribution in [2.24, 2.45) is 0 Å². The number of carbonyl (C=O) groups is 1. The molecule has 2 aromatic carbocycles. The van der Waals surface area contributed by atoms with Gasteiger partial charge in [0.1, 0.15) is 22.9 Å². The Morgan fingerprint density at radius 1 is 1.11 bits per heavy atom. The predicted octanol–water partition coefficient (Wildman–Crippen LogP) is 4.20. The second-order valence-electron chi connectivity index (χ2n) is 5.81. The minimum absolute atomic E-state index is 0.0237. The van der Waals surface area contributed by atoms with E-state index in [4.69, 9.17) is 14.2 Å². The van der Waals surface area contributed by atoms with Crippen LogP contribution in [0, 0.1) is 6.92 Å². The van der Waals surface area contributed by atoms with Gasteiger partial charge in [0.2, 0.25) is 0 Å². The third kappa shape index (κ3) is 4.20. The molecule has 0 fully saturated rings. The van der Waals surface area contributed by atoms with E-state index in [-0.39, 0.29) is 17.9 Å². The standard InChI is InChI=1S/C20H19NO5S/c1-12-4-6-15(16(22)8-12)20(23)26-10-14-11-27-19(21-14)13-5-7-17(24-2)18(9-13)25-3/h4-9,11,22H,10H2,1-3H3. The number of nitrogens with zero attached hydrogens (tertiary/aromatic N) is 1. The first-order valence-electron chi connectivity index (χ1n) is 8.15. The van der Waals surface area contributed by atoms with Crippen molar-refractivity contribution >= 4 is 17.3 Å². The van der Waals surface area contributed by atoms with Gasteiger partial charge >= 0.3 is 5.97 Å². The van der Waals surface area contributed by atoms with Gasteiger partial charge in [0.25, 0.3) is 0 Å². The Kier molecular flexibility index (Phi) is 5.61. The third-order valence-corrected chi connectivity index (χ3v) is 4.85. The zero-order chi connectivity index (χ0) is 19.4. The van der Waals surface area contributed by atoms with Crippen LogP contribution in [0.4, 0.5) is 0 Å². The average molecular weight is 385 g/mol. The molecule has 0 aliphatic heterocycles. The Morgan fingerprint density at radius 3 is 2.59 bits per heavy atom. The summed E-state index contributed by atoms with van der Waals surface area (Å²) >= 11 is 1.44. The van der Waals surface area contributed by atoms with Gasteiger partial charge in [-0.1, -0.05) is 6.07 Å². The summed E-state index contributed by atoms with van der Waals surface area (Å²) in [4.78, 5) is 16.6. The summed E-state index contributed by atoms with van der Waals surface area (Å²) in [6.07, 6.45) is 0. The molecule has 0 aliphatic rings. The zero-order valence-electron chi connectivity index (χ0n) is 15.2. The Labute approximate surface area is 161 Å². The smallest absolute Gasteiger partial charge is 0.342 e. The van der Waals surface area contributed by atoms with Crippen molar-refractivity contribution in [1.82, 2.24) is 4.98 Å². The zero-order valence-corrected chi connectivity index (χ0v) is 16.0. The molecule has 140 valence electrons. The average Bonchev–Trinajstić information content (AvgIpc) is 3.14. The molecule has 6 nitrogen and oxygen atoms in total. The lowest BCUT2D eigenvalue weighted by Gasteiger charge is -2.08. The molecular weight excluding hydrogens is 366 g/mol. The molecule has 1 N–H and O–H groups in total. The summed E-state index contributed by atoms with van der Waals surface area (Å²) in [5, 5.41) is 12.5. The number of hydrogen-bond donors (Lipinski definition) is 1. The van der Waals surface area contributed by atoms with Gasteiger partial charge in [-0.05, 0) is 42.8 Å². The van der Waals surface area contributed by atoms with Gasteiger partial charge in [0.15, 0.2) is 11.5 Å². The number of methoxy groups -OCH3 is 2. The molecule has 0 amide bonds. The number of rotatable bonds is 6. The van der Waals surface area contributed by atoms with E-state index in [2.05, 4.69) is 4.98 Å². The molecule has 1 heterocycles. The number of aryl methyl sites for hydroxylation is 1. The van der Waals surface area contributed by atoms with Crippen LogP contribution in [-0.2, 0) is 11.3 Å². The highest BCUT2D eigenvalue weighted by atomic mass is 32.1. The summed E-state index contributed by atoms with van der Waals surface area (Å²) < 4.78 is 15.8. The molecule has 0 saturated carbocycles. The molecule has 3 rings (SSSR count). The van der Waals surface area contributed by atoms with Gasteiger partial charge < -0.3 is 19.3 Å². The number of aromatic nitrogens is 1. The molecular formula is C20H19NO5S. The first kappa shape index (κ1) is 18.7. The van der Waals surface area contributed by atoms with E-state index in [9.17, 15) is 9.90 Å². The number of thiazole rings is 1. The Balaban J connectivity index is 1.70. The maximum absolute atomic E-state index is 12.1. The Morgan fingerprint density at radius 2 is 1.89 bits per heavy atom. The minimum atomic E-state index is -0.590. The lowest BCUT2D eigenvalue weighted by Crippen LogP contribution is -2.06. The molecule has 3 aromatic rings. The van der Waals surface area contributed by atoms with Crippen LogP contribution in [0.3, 0.4) is 0 Å². The number of aromatic hydroxyl groups is 1. The minimum Gasteiger partial charge on any atom is -0.507 e. The van der Waals surface area contributed by atoms with E-state index in [1.54, 1.807) is 26.4 Å². The van der Waals surface area contributed by atoms with E-state index in [0.29, 0.717) is 17.2 Å². The van der Waals surface area contributed by atoms with Gasteiger partial charge in [-0.2, -0.15) is 0 Å². The second-order valence-corrected chi connectivity index (χ2v) is 6.67. The van der Waals surface area contributed by atoms with Crippen molar-refractivity contribution in [3.8, 4) is 27.8 Å². The van der Waals surface area contributed by atoms with E-state index in [1.165, 1.54) is 17.4 Å². The van der Waals surface area contributed by atoms with Crippen LogP contribution in [0.2, 0.25) is 0 Å². The topological polar surface area (TPSA) is 77.9 Å². The lowest BCUT2D eigenvalue weighted by atomic mass is 10.1. The SMILES string of the molecule is COc1ccc(-c2nc(COC(=O)c3ccc(C)cc3O)cs2)cc1OC. The van der Waals surface area contributed by atoms with Crippen molar-refractivity contribution in [2.45, 2.75) is 13.5 Å². The van der Waals surface area contributed by atoms with Gasteiger partial charge in [-0.25, -0.2) is 9.78 Å². The fraction of sp³-hybridized carbons (Fsp3) is 0.200. The molecule has 0 saturated heterocycles. The maximum Gasteiger partial charge on any atom is 0.342 e. The highest BCUT2D eigenvalue weighted by Crippen LogP contribution is 2.33. The first-order valence-corrected chi connectivity index (χ1v) is 9.03. The molecule has 0 unspecified atom stereocenters. The highest BCUT2D eigenvalue weighted by Gasteiger charge is 2.14. The van der Waals surface area contributed by atoms with Crippen molar-refractivity contribution in [3.05, 3.63) is 58.6 Å². The van der Waals surface area contributed by atoms with Crippen molar-refractivity contribution in [3.63, 3.8) is 0 Å². The quantitative estimate of drug-likeness (QED) is 0.641. The fourth-order valence-electron chi connectivity index (χ4n) is 2.51. The van der Waals surface area contributed by atoms with Crippen molar-refractivity contribution in [2.75, 3.05) is 14.2 Å². The van der Waals surface area contributed by atoms with E-state index in [1.807, 2.05) is 30.5 Å². The summed E-state index contributed by atoms with van der Waals surface area (Å²) in [6.45, 7) is 1.86. The Bertz CT molecular complexity index is 967. The molecule has 0 bridgehead atoms. The van der Waals surface area contributed by atoms with Crippen LogP contribution in [0.1, 0.15) is 21.6 Å². The number of ether oxygens (including phenoxy) is 3. The van der Waals surface area contributed by atoms with Crippen LogP contribution in [0.15, 0.2) is 41.8 Å². The predicted molar refractivity (Wildman–Crippen MR) is 103 cm³/mol. The molecule has 27 heavy (non-hydrogen) atoms. The van der Waals surface area contributed by atoms with Gasteiger partial charge in [0, 0.05) is 10.9 Å². The molecule has 1 aromatic heterocycles. The monoisotopic (exact) mass is 385 g/mol. The molecule has 0 radical (unpaired) electrons. The number of esters is 1. The van der Waals surface area contributed by atoms with Crippen LogP contribution >= 0.6 is 11.3 Å². The van der Waals surface area contributed by atoms with E-state index < -0.39 is 5.97 Å². The number of hydrogen-bond acceptors (Lipinski definition) is 7. The summed E-state index contributed by atoms with van der Waals surface area (Å²) in [6, 6.07) is 10.4. The lowest BCUT2D eigenvalue weighted by molar-refractivity contribution is 0.0465. The summed E-state index contributed by atoms with van der Waals surface area (Å²) in [5.74, 6) is 0.579. The van der Waals surface area contributed by atoms with Crippen LogP contribution in [-0.4, -0.2) is 30.3 Å². The van der Waals surface area contributed by atoms with Gasteiger partial charge in [-0.15, -0.1) is 11.3 Å². The number of phenols is 1. The van der Waals surface area contributed by atoms with Crippen molar-refractivity contribution < 1.29 is 24.1 Å². The van der Waals surface area contributed by atoms with E-state index >= 15 is 0 Å².